The number of carbonyl (C=O) groups excluding carboxylic acids is 2. The van der Waals surface area contributed by atoms with E-state index in [4.69, 9.17) is 15.2 Å². The van der Waals surface area contributed by atoms with Gasteiger partial charge in [0, 0.05) is 9.79 Å². The van der Waals surface area contributed by atoms with Crippen molar-refractivity contribution < 1.29 is 32.2 Å². The van der Waals surface area contributed by atoms with Crippen LogP contribution in [0.3, 0.4) is 0 Å². The van der Waals surface area contributed by atoms with Crippen molar-refractivity contribution in [1.29, 1.82) is 10.5 Å². The molecule has 0 radical (unpaired) electrons. The van der Waals surface area contributed by atoms with Crippen LogP contribution in [0.15, 0.2) is 105 Å². The fourth-order valence-electron chi connectivity index (χ4n) is 4.47. The average Bonchev–Trinajstić information content (AvgIpc) is 3.00. The number of rotatable bonds is 6. The number of nitriles is 2. The fourth-order valence-corrected chi connectivity index (χ4v) is 5.45. The van der Waals surface area contributed by atoms with E-state index in [9.17, 15) is 33.3 Å². The molecule has 0 spiro atoms. The van der Waals surface area contributed by atoms with Gasteiger partial charge in [-0.25, -0.2) is 9.59 Å². The monoisotopic (exact) mass is 590 g/mol. The van der Waals surface area contributed by atoms with E-state index in [0.29, 0.717) is 5.56 Å². The maximum absolute atomic E-state index is 13.4. The van der Waals surface area contributed by atoms with Crippen LogP contribution < -0.4 is 10.6 Å². The molecule has 1 aliphatic heterocycles. The number of carbonyl (C=O) groups is 2. The van der Waals surface area contributed by atoms with Gasteiger partial charge >= 0.3 is 18.1 Å². The molecular formula is C30H21F3N4O4S. The Morgan fingerprint density at radius 2 is 1.62 bits per heavy atom. The van der Waals surface area contributed by atoms with Crippen molar-refractivity contribution in [3.8, 4) is 12.1 Å². The number of nitrogens with zero attached hydrogens (tertiary/aromatic N) is 3. The molecule has 0 aliphatic carbocycles. The van der Waals surface area contributed by atoms with Gasteiger partial charge < -0.3 is 15.2 Å². The third-order valence-electron chi connectivity index (χ3n) is 6.33. The first kappa shape index (κ1) is 29.8. The zero-order chi connectivity index (χ0) is 30.6. The lowest BCUT2D eigenvalue weighted by Gasteiger charge is -2.36. The first-order valence-electron chi connectivity index (χ1n) is 12.1. The first-order chi connectivity index (χ1) is 20.0. The Morgan fingerprint density at radius 1 is 0.929 bits per heavy atom. The summed E-state index contributed by atoms with van der Waals surface area (Å²) in [7, 11) is 2.19. The van der Waals surface area contributed by atoms with E-state index in [1.165, 1.54) is 30.3 Å². The van der Waals surface area contributed by atoms with Gasteiger partial charge in [-0.3, -0.25) is 4.90 Å². The SMILES string of the molecule is COC(=O)C1=C(C(=O)OC)N(c2cc(C#N)ccc2Sc2cccc(C(F)(F)F)c2)C(N)=C(C#N)C1c1ccccc1. The minimum atomic E-state index is -4.59. The maximum Gasteiger partial charge on any atom is 0.416 e. The Balaban J connectivity index is 2.04. The van der Waals surface area contributed by atoms with Gasteiger partial charge in [-0.1, -0.05) is 48.2 Å². The topological polar surface area (TPSA) is 129 Å². The molecule has 1 atom stereocenters. The highest BCUT2D eigenvalue weighted by Crippen LogP contribution is 2.46. The zero-order valence-corrected chi connectivity index (χ0v) is 22.9. The molecule has 0 saturated heterocycles. The number of anilines is 1. The van der Waals surface area contributed by atoms with E-state index >= 15 is 0 Å². The number of hydrogen-bond donors (Lipinski definition) is 1. The lowest BCUT2D eigenvalue weighted by atomic mass is 9.81. The number of benzene rings is 3. The fraction of sp³-hybridized carbons (Fsp3) is 0.133. The molecule has 0 aromatic heterocycles. The predicted octanol–water partition coefficient (Wildman–Crippen LogP) is 5.63. The Morgan fingerprint density at radius 3 is 2.21 bits per heavy atom. The summed E-state index contributed by atoms with van der Waals surface area (Å²) < 4.78 is 50.3. The van der Waals surface area contributed by atoms with Gasteiger partial charge in [0.2, 0.25) is 0 Å². The standard InChI is InChI=1S/C30H21F3N4O4S/c1-40-28(38)25-24(18-7-4-3-5-8-18)21(16-35)27(36)37(26(25)29(39)41-2)22-13-17(15-34)11-12-23(22)42-20-10-6-9-19(14-20)30(31,32)33/h3-14,24H,36H2,1-2H3. The van der Waals surface area contributed by atoms with E-state index in [0.717, 1.165) is 43.0 Å². The number of alkyl halides is 3. The second-order valence-electron chi connectivity index (χ2n) is 8.76. The Hall–Kier alpha value is -5.20. The number of allylic oxidation sites excluding steroid dienone is 1. The van der Waals surface area contributed by atoms with Crippen LogP contribution in [0.25, 0.3) is 0 Å². The van der Waals surface area contributed by atoms with E-state index in [-0.39, 0.29) is 43.7 Å². The minimum absolute atomic E-state index is 0.0510. The summed E-state index contributed by atoms with van der Waals surface area (Å²) in [5.41, 5.74) is 5.58. The molecule has 4 rings (SSSR count). The summed E-state index contributed by atoms with van der Waals surface area (Å²) in [6, 6.07) is 21.2. The number of ether oxygens (including phenoxy) is 2. The molecule has 12 heteroatoms. The summed E-state index contributed by atoms with van der Waals surface area (Å²) in [6.45, 7) is 0. The van der Waals surface area contributed by atoms with Crippen molar-refractivity contribution >= 4 is 29.4 Å². The van der Waals surface area contributed by atoms with Crippen LogP contribution in [0.1, 0.15) is 22.6 Å². The molecule has 0 fully saturated rings. The minimum Gasteiger partial charge on any atom is -0.466 e. The molecule has 1 unspecified atom stereocenters. The van der Waals surface area contributed by atoms with Gasteiger partial charge in [-0.05, 0) is 42.0 Å². The highest BCUT2D eigenvalue weighted by molar-refractivity contribution is 7.99. The van der Waals surface area contributed by atoms with Gasteiger partial charge in [0.25, 0.3) is 0 Å². The largest absolute Gasteiger partial charge is 0.466 e. The van der Waals surface area contributed by atoms with E-state index < -0.39 is 29.6 Å². The average molecular weight is 591 g/mol. The van der Waals surface area contributed by atoms with Crippen LogP contribution in [-0.4, -0.2) is 26.2 Å². The Kier molecular flexibility index (Phi) is 8.59. The summed E-state index contributed by atoms with van der Waals surface area (Å²) >= 11 is 0.899. The molecule has 3 aromatic rings. The van der Waals surface area contributed by atoms with Gasteiger partial charge in [-0.15, -0.1) is 0 Å². The van der Waals surface area contributed by atoms with Crippen molar-refractivity contribution in [2.24, 2.45) is 5.73 Å². The Labute approximate surface area is 243 Å². The molecule has 0 bridgehead atoms. The number of halogens is 3. The normalized spacial score (nSPS) is 15.1. The summed E-state index contributed by atoms with van der Waals surface area (Å²) in [4.78, 5) is 28.3. The summed E-state index contributed by atoms with van der Waals surface area (Å²) in [5.74, 6) is -3.32. The molecule has 1 heterocycles. The van der Waals surface area contributed by atoms with Crippen LogP contribution in [-0.2, 0) is 25.2 Å². The van der Waals surface area contributed by atoms with Crippen molar-refractivity contribution in [1.82, 2.24) is 0 Å². The third kappa shape index (κ3) is 5.66. The highest BCUT2D eigenvalue weighted by atomic mass is 32.2. The molecular weight excluding hydrogens is 569 g/mol. The maximum atomic E-state index is 13.4. The lowest BCUT2D eigenvalue weighted by Crippen LogP contribution is -2.41. The van der Waals surface area contributed by atoms with Crippen molar-refractivity contribution in [2.45, 2.75) is 21.9 Å². The van der Waals surface area contributed by atoms with Gasteiger partial charge in [-0.2, -0.15) is 23.7 Å². The summed E-state index contributed by atoms with van der Waals surface area (Å²) in [6.07, 6.45) is -4.59. The van der Waals surface area contributed by atoms with Crippen molar-refractivity contribution in [3.63, 3.8) is 0 Å². The van der Waals surface area contributed by atoms with Crippen LogP contribution in [0.4, 0.5) is 18.9 Å². The molecule has 1 aliphatic rings. The van der Waals surface area contributed by atoms with Crippen molar-refractivity contribution in [3.05, 3.63) is 112 Å². The molecule has 8 nitrogen and oxygen atoms in total. The van der Waals surface area contributed by atoms with E-state index in [2.05, 4.69) is 0 Å². The number of hydrogen-bond acceptors (Lipinski definition) is 9. The molecule has 3 aromatic carbocycles. The quantitative estimate of drug-likeness (QED) is 0.363. The zero-order valence-electron chi connectivity index (χ0n) is 22.1. The van der Waals surface area contributed by atoms with Crippen molar-refractivity contribution in [2.75, 3.05) is 19.1 Å². The molecule has 2 N–H and O–H groups in total. The molecule has 0 saturated carbocycles. The van der Waals surface area contributed by atoms with Crippen LogP contribution in [0, 0.1) is 22.7 Å². The van der Waals surface area contributed by atoms with Gasteiger partial charge in [0.15, 0.2) is 0 Å². The lowest BCUT2D eigenvalue weighted by molar-refractivity contribution is -0.139. The van der Waals surface area contributed by atoms with Crippen LogP contribution >= 0.6 is 11.8 Å². The summed E-state index contributed by atoms with van der Waals surface area (Å²) in [5, 5.41) is 19.9. The smallest absolute Gasteiger partial charge is 0.416 e. The number of esters is 2. The highest BCUT2D eigenvalue weighted by Gasteiger charge is 2.43. The van der Waals surface area contributed by atoms with Crippen LogP contribution in [0.5, 0.6) is 0 Å². The second kappa shape index (κ2) is 12.1. The number of nitrogens with two attached hydrogens (primary N) is 1. The Bertz CT molecular complexity index is 1710. The van der Waals surface area contributed by atoms with Gasteiger partial charge in [0.05, 0.1) is 60.2 Å². The molecule has 0 amide bonds. The van der Waals surface area contributed by atoms with Crippen LogP contribution in [0.2, 0.25) is 0 Å². The van der Waals surface area contributed by atoms with E-state index in [1.54, 1.807) is 30.3 Å². The van der Waals surface area contributed by atoms with Gasteiger partial charge in [0.1, 0.15) is 11.5 Å². The first-order valence-corrected chi connectivity index (χ1v) is 12.9. The number of methoxy groups -OCH3 is 2. The van der Waals surface area contributed by atoms with E-state index in [1.807, 2.05) is 12.1 Å². The molecule has 42 heavy (non-hydrogen) atoms. The molecule has 212 valence electrons. The predicted molar refractivity (Wildman–Crippen MR) is 146 cm³/mol. The second-order valence-corrected chi connectivity index (χ2v) is 9.87. The third-order valence-corrected chi connectivity index (χ3v) is 7.38.